The Morgan fingerprint density at radius 2 is 1.86 bits per heavy atom. The summed E-state index contributed by atoms with van der Waals surface area (Å²) in [6, 6.07) is -1.48. The van der Waals surface area contributed by atoms with Crippen LogP contribution in [0.5, 0.6) is 0 Å². The molecule has 2 unspecified atom stereocenters. The van der Waals surface area contributed by atoms with Crippen molar-refractivity contribution in [3.63, 3.8) is 0 Å². The molecular weight excluding hydrogens is 308 g/mol. The van der Waals surface area contributed by atoms with Crippen LogP contribution in [0.2, 0.25) is 0 Å². The highest BCUT2D eigenvalue weighted by Crippen LogP contribution is 2.03. The summed E-state index contributed by atoms with van der Waals surface area (Å²) in [4.78, 5) is 34.4. The number of carbonyl (C=O) groups is 3. The van der Waals surface area contributed by atoms with Crippen LogP contribution in [0.25, 0.3) is 0 Å². The average Bonchev–Trinajstić information content (AvgIpc) is 2.49. The predicted octanol–water partition coefficient (Wildman–Crippen LogP) is -1.12. The normalized spacial score (nSPS) is 13.2. The highest BCUT2D eigenvalue weighted by atomic mass is 32.2. The van der Waals surface area contributed by atoms with Gasteiger partial charge < -0.3 is 27.2 Å². The minimum absolute atomic E-state index is 0.393. The van der Waals surface area contributed by atoms with E-state index in [2.05, 4.69) is 10.6 Å². The third-order valence-corrected chi connectivity index (χ3v) is 3.61. The zero-order chi connectivity index (χ0) is 17.0. The van der Waals surface area contributed by atoms with Crippen molar-refractivity contribution in [2.45, 2.75) is 37.8 Å². The maximum atomic E-state index is 12.0. The van der Waals surface area contributed by atoms with E-state index in [1.54, 1.807) is 11.8 Å². The first-order valence-corrected chi connectivity index (χ1v) is 8.56. The summed E-state index contributed by atoms with van der Waals surface area (Å²) in [7, 11) is 0. The van der Waals surface area contributed by atoms with E-state index >= 15 is 0 Å². The van der Waals surface area contributed by atoms with Crippen molar-refractivity contribution in [3.05, 3.63) is 0 Å². The van der Waals surface area contributed by atoms with E-state index in [0.29, 0.717) is 25.8 Å². The predicted molar refractivity (Wildman–Crippen MR) is 86.5 cm³/mol. The summed E-state index contributed by atoms with van der Waals surface area (Å²) >= 11 is 1.58. The molecule has 0 rings (SSSR count). The number of carbonyl (C=O) groups excluding carboxylic acids is 2. The van der Waals surface area contributed by atoms with Crippen molar-refractivity contribution in [3.8, 4) is 0 Å². The van der Waals surface area contributed by atoms with Crippen LogP contribution in [0.3, 0.4) is 0 Å². The van der Waals surface area contributed by atoms with Crippen LogP contribution < -0.4 is 22.1 Å². The van der Waals surface area contributed by atoms with Gasteiger partial charge in [0.05, 0.1) is 6.04 Å². The van der Waals surface area contributed by atoms with Gasteiger partial charge >= 0.3 is 5.97 Å². The first kappa shape index (κ1) is 20.7. The topological polar surface area (TPSA) is 148 Å². The molecular formula is C13H26N4O4S. The summed E-state index contributed by atoms with van der Waals surface area (Å²) in [6.45, 7) is 0.00523. The number of nitrogens with one attached hydrogen (secondary N) is 2. The fourth-order valence-electron chi connectivity index (χ4n) is 1.70. The van der Waals surface area contributed by atoms with Crippen LogP contribution in [-0.2, 0) is 14.4 Å². The molecule has 128 valence electrons. The summed E-state index contributed by atoms with van der Waals surface area (Å²) in [5.74, 6) is -1.32. The lowest BCUT2D eigenvalue weighted by Gasteiger charge is -2.20. The van der Waals surface area contributed by atoms with Crippen LogP contribution in [-0.4, -0.2) is 60.1 Å². The number of hydrogen-bond acceptors (Lipinski definition) is 6. The molecule has 0 aromatic carbocycles. The number of nitrogens with two attached hydrogens (primary N) is 2. The quantitative estimate of drug-likeness (QED) is 0.284. The van der Waals surface area contributed by atoms with Gasteiger partial charge in [0.2, 0.25) is 11.8 Å². The third kappa shape index (κ3) is 9.59. The highest BCUT2D eigenvalue weighted by molar-refractivity contribution is 7.98. The molecule has 0 aliphatic rings. The summed E-state index contributed by atoms with van der Waals surface area (Å²) < 4.78 is 0. The summed E-state index contributed by atoms with van der Waals surface area (Å²) in [5.41, 5.74) is 11.2. The molecule has 0 aromatic rings. The van der Waals surface area contributed by atoms with Crippen molar-refractivity contribution < 1.29 is 19.5 Å². The lowest BCUT2D eigenvalue weighted by molar-refractivity contribution is -0.138. The summed E-state index contributed by atoms with van der Waals surface area (Å²) in [5, 5.41) is 13.4. The molecule has 8 nitrogen and oxygen atoms in total. The van der Waals surface area contributed by atoms with Gasteiger partial charge in [-0.1, -0.05) is 0 Å². The Labute approximate surface area is 134 Å². The molecule has 22 heavy (non-hydrogen) atoms. The second kappa shape index (κ2) is 12.2. The van der Waals surface area contributed by atoms with Gasteiger partial charge in [-0.05, 0) is 44.2 Å². The van der Waals surface area contributed by atoms with Gasteiger partial charge in [0, 0.05) is 0 Å². The number of hydrogen-bond donors (Lipinski definition) is 5. The van der Waals surface area contributed by atoms with Crippen LogP contribution in [0, 0.1) is 0 Å². The van der Waals surface area contributed by atoms with Gasteiger partial charge in [-0.2, -0.15) is 11.8 Å². The number of aliphatic carboxylic acids is 1. The zero-order valence-electron chi connectivity index (χ0n) is 12.8. The SMILES string of the molecule is CSCCC(N)C(=O)NC(CCCCN)C(=O)NCC(=O)O. The van der Waals surface area contributed by atoms with Crippen molar-refractivity contribution in [1.29, 1.82) is 0 Å². The van der Waals surface area contributed by atoms with Crippen LogP contribution in [0.1, 0.15) is 25.7 Å². The fraction of sp³-hybridized carbons (Fsp3) is 0.769. The highest BCUT2D eigenvalue weighted by Gasteiger charge is 2.23. The Balaban J connectivity index is 4.52. The Kier molecular flexibility index (Phi) is 11.5. The van der Waals surface area contributed by atoms with E-state index in [9.17, 15) is 14.4 Å². The Hall–Kier alpha value is -1.32. The largest absolute Gasteiger partial charge is 0.480 e. The molecule has 0 fully saturated rings. The minimum atomic E-state index is -1.14. The van der Waals surface area contributed by atoms with E-state index in [-0.39, 0.29) is 0 Å². The average molecular weight is 334 g/mol. The van der Waals surface area contributed by atoms with Crippen molar-refractivity contribution in [1.82, 2.24) is 10.6 Å². The molecule has 0 radical (unpaired) electrons. The van der Waals surface area contributed by atoms with Gasteiger partial charge in [0.15, 0.2) is 0 Å². The first-order valence-electron chi connectivity index (χ1n) is 7.16. The molecule has 0 saturated heterocycles. The van der Waals surface area contributed by atoms with Crippen LogP contribution in [0.15, 0.2) is 0 Å². The second-order valence-corrected chi connectivity index (χ2v) is 5.83. The molecule has 0 spiro atoms. The van der Waals surface area contributed by atoms with Crippen LogP contribution >= 0.6 is 11.8 Å². The third-order valence-electron chi connectivity index (χ3n) is 2.96. The standard InChI is InChI=1S/C13H26N4O4S/c1-22-7-5-9(15)12(20)17-10(4-2-3-6-14)13(21)16-8-11(18)19/h9-10H,2-8,14-15H2,1H3,(H,16,21)(H,17,20)(H,18,19). The van der Waals surface area contributed by atoms with E-state index in [4.69, 9.17) is 16.6 Å². The minimum Gasteiger partial charge on any atom is -0.480 e. The smallest absolute Gasteiger partial charge is 0.322 e. The molecule has 0 saturated carbocycles. The van der Waals surface area contributed by atoms with Crippen LogP contribution in [0.4, 0.5) is 0 Å². The molecule has 2 atom stereocenters. The Morgan fingerprint density at radius 3 is 2.41 bits per heavy atom. The fourth-order valence-corrected chi connectivity index (χ4v) is 2.19. The molecule has 0 bridgehead atoms. The molecule has 0 heterocycles. The molecule has 0 aliphatic heterocycles. The molecule has 7 N–H and O–H groups in total. The van der Waals surface area contributed by atoms with Gasteiger partial charge in [-0.3, -0.25) is 14.4 Å². The molecule has 0 aliphatic carbocycles. The number of amides is 2. The van der Waals surface area contributed by atoms with Crippen molar-refractivity contribution in [2.75, 3.05) is 25.1 Å². The monoisotopic (exact) mass is 334 g/mol. The number of carboxylic acids is 1. The zero-order valence-corrected chi connectivity index (χ0v) is 13.7. The molecule has 0 aromatic heterocycles. The number of unbranched alkanes of at least 4 members (excludes halogenated alkanes) is 1. The first-order chi connectivity index (χ1) is 10.4. The van der Waals surface area contributed by atoms with Gasteiger partial charge in [-0.15, -0.1) is 0 Å². The number of thioether (sulfide) groups is 1. The van der Waals surface area contributed by atoms with E-state index in [0.717, 1.165) is 12.2 Å². The lowest BCUT2D eigenvalue weighted by Crippen LogP contribution is -2.52. The summed E-state index contributed by atoms with van der Waals surface area (Å²) in [6.07, 6.45) is 4.20. The lowest BCUT2D eigenvalue weighted by atomic mass is 10.1. The van der Waals surface area contributed by atoms with Crippen molar-refractivity contribution in [2.24, 2.45) is 11.5 Å². The van der Waals surface area contributed by atoms with Gasteiger partial charge in [0.25, 0.3) is 0 Å². The van der Waals surface area contributed by atoms with E-state index < -0.39 is 36.4 Å². The molecule has 9 heteroatoms. The van der Waals surface area contributed by atoms with E-state index in [1.807, 2.05) is 6.26 Å². The van der Waals surface area contributed by atoms with E-state index in [1.165, 1.54) is 0 Å². The Morgan fingerprint density at radius 1 is 1.18 bits per heavy atom. The Bertz CT molecular complexity index is 368. The number of carboxylic acid groups (broad SMARTS) is 1. The number of rotatable bonds is 12. The second-order valence-electron chi connectivity index (χ2n) is 4.85. The van der Waals surface area contributed by atoms with Crippen molar-refractivity contribution >= 4 is 29.5 Å². The van der Waals surface area contributed by atoms with Gasteiger partial charge in [-0.25, -0.2) is 0 Å². The maximum Gasteiger partial charge on any atom is 0.322 e. The molecule has 2 amide bonds. The van der Waals surface area contributed by atoms with Gasteiger partial charge in [0.1, 0.15) is 12.6 Å². The maximum absolute atomic E-state index is 12.0.